The molecule has 0 aromatic rings. The number of halogens is 2. The van der Waals surface area contributed by atoms with Crippen LogP contribution in [0.15, 0.2) is 41.2 Å². The van der Waals surface area contributed by atoms with E-state index < -0.39 is 11.9 Å². The summed E-state index contributed by atoms with van der Waals surface area (Å²) in [7, 11) is 1.64. The van der Waals surface area contributed by atoms with E-state index in [2.05, 4.69) is 5.10 Å². The van der Waals surface area contributed by atoms with Crippen LogP contribution in [0, 0.1) is 0 Å². The lowest BCUT2D eigenvalue weighted by Crippen LogP contribution is -2.13. The summed E-state index contributed by atoms with van der Waals surface area (Å²) in [6.07, 6.45) is 7.55. The third-order valence-corrected chi connectivity index (χ3v) is 2.57. The number of carbonyl (C=O) groups excluding carboxylic acids is 2. The lowest BCUT2D eigenvalue weighted by atomic mass is 10.1. The topological polar surface area (TPSA) is 59.0 Å². The Hall–Kier alpha value is -2.31. The van der Waals surface area contributed by atoms with Crippen LogP contribution in [0.25, 0.3) is 0 Å². The number of carbonyl (C=O) groups is 2. The standard InChI is InChI=1S/C15H18F2N2O3/c1-12(20)10-14(21)22-9-3-8-19(2)18-11-13-4-6-15(16,17)7-5-13/h3-6,8,11H,7,9-10H2,1-2H3. The Balaban J connectivity index is 2.33. The Labute approximate surface area is 127 Å². The SMILES string of the molecule is CC(=O)CC(=O)OCC=CN(C)N=CC1=CCC(F)(F)C=C1. The molecule has 0 heterocycles. The van der Waals surface area contributed by atoms with Crippen molar-refractivity contribution in [1.29, 1.82) is 0 Å². The monoisotopic (exact) mass is 312 g/mol. The largest absolute Gasteiger partial charge is 0.461 e. The maximum absolute atomic E-state index is 12.9. The molecule has 0 unspecified atom stereocenters. The van der Waals surface area contributed by atoms with Crippen molar-refractivity contribution in [1.82, 2.24) is 5.01 Å². The Morgan fingerprint density at radius 3 is 2.82 bits per heavy atom. The lowest BCUT2D eigenvalue weighted by Gasteiger charge is -2.13. The van der Waals surface area contributed by atoms with Gasteiger partial charge in [-0.3, -0.25) is 14.6 Å². The van der Waals surface area contributed by atoms with Crippen LogP contribution in [0.4, 0.5) is 8.78 Å². The molecule has 1 rings (SSSR count). The van der Waals surface area contributed by atoms with Crippen molar-refractivity contribution in [3.8, 4) is 0 Å². The first-order valence-corrected chi connectivity index (χ1v) is 6.64. The Bertz CT molecular complexity index is 537. The molecule has 120 valence electrons. The third kappa shape index (κ3) is 7.47. The van der Waals surface area contributed by atoms with E-state index in [-0.39, 0.29) is 25.2 Å². The van der Waals surface area contributed by atoms with Crippen LogP contribution in [-0.4, -0.2) is 42.6 Å². The van der Waals surface area contributed by atoms with Crippen LogP contribution >= 0.6 is 0 Å². The Kier molecular flexibility index (Phi) is 6.62. The zero-order chi connectivity index (χ0) is 16.6. The summed E-state index contributed by atoms with van der Waals surface area (Å²) in [5.41, 5.74) is 0.596. The van der Waals surface area contributed by atoms with Gasteiger partial charge in [0.2, 0.25) is 0 Å². The minimum absolute atomic E-state index is 0.0286. The maximum Gasteiger partial charge on any atom is 0.313 e. The molecular weight excluding hydrogens is 294 g/mol. The van der Waals surface area contributed by atoms with Gasteiger partial charge in [0.15, 0.2) is 0 Å². The molecular formula is C15H18F2N2O3. The van der Waals surface area contributed by atoms with Crippen LogP contribution < -0.4 is 0 Å². The normalized spacial score (nSPS) is 16.8. The molecule has 0 N–H and O–H groups in total. The summed E-state index contributed by atoms with van der Waals surface area (Å²) >= 11 is 0. The number of hydrogen-bond acceptors (Lipinski definition) is 5. The van der Waals surface area contributed by atoms with E-state index in [0.717, 1.165) is 6.08 Å². The molecule has 0 spiro atoms. The number of alkyl halides is 2. The number of nitrogens with zero attached hydrogens (tertiary/aromatic N) is 2. The Morgan fingerprint density at radius 2 is 2.23 bits per heavy atom. The van der Waals surface area contributed by atoms with Crippen LogP contribution in [0.3, 0.4) is 0 Å². The predicted octanol–water partition coefficient (Wildman–Crippen LogP) is 2.46. The molecule has 0 atom stereocenters. The number of esters is 1. The maximum atomic E-state index is 12.9. The number of Topliss-reactive ketones (excluding diaryl/α,β-unsaturated/α-hetero) is 1. The Morgan fingerprint density at radius 1 is 1.50 bits per heavy atom. The van der Waals surface area contributed by atoms with Crippen molar-refractivity contribution in [3.05, 3.63) is 36.1 Å². The fraction of sp³-hybridized carbons (Fsp3) is 0.400. The van der Waals surface area contributed by atoms with E-state index in [1.165, 1.54) is 30.3 Å². The van der Waals surface area contributed by atoms with Gasteiger partial charge in [-0.1, -0.05) is 12.2 Å². The van der Waals surface area contributed by atoms with Crippen molar-refractivity contribution >= 4 is 18.0 Å². The minimum atomic E-state index is -2.78. The molecule has 5 nitrogen and oxygen atoms in total. The van der Waals surface area contributed by atoms with Gasteiger partial charge in [0.05, 0.1) is 6.21 Å². The first kappa shape index (κ1) is 17.7. The second kappa shape index (κ2) is 8.21. The zero-order valence-electron chi connectivity index (χ0n) is 12.5. The van der Waals surface area contributed by atoms with Gasteiger partial charge in [0.1, 0.15) is 18.8 Å². The van der Waals surface area contributed by atoms with E-state index in [9.17, 15) is 18.4 Å². The molecule has 0 aliphatic heterocycles. The van der Waals surface area contributed by atoms with Gasteiger partial charge in [0, 0.05) is 19.7 Å². The highest BCUT2D eigenvalue weighted by Crippen LogP contribution is 2.25. The molecule has 0 saturated heterocycles. The van der Waals surface area contributed by atoms with Gasteiger partial charge in [-0.2, -0.15) is 5.10 Å². The summed E-state index contributed by atoms with van der Waals surface area (Å²) in [6, 6.07) is 0. The van der Waals surface area contributed by atoms with E-state index in [4.69, 9.17) is 4.74 Å². The van der Waals surface area contributed by atoms with Gasteiger partial charge in [0.25, 0.3) is 5.92 Å². The van der Waals surface area contributed by atoms with Gasteiger partial charge in [-0.05, 0) is 24.6 Å². The smallest absolute Gasteiger partial charge is 0.313 e. The van der Waals surface area contributed by atoms with Gasteiger partial charge >= 0.3 is 5.97 Å². The molecule has 22 heavy (non-hydrogen) atoms. The van der Waals surface area contributed by atoms with E-state index in [1.54, 1.807) is 19.3 Å². The van der Waals surface area contributed by atoms with Crippen LogP contribution in [0.2, 0.25) is 0 Å². The van der Waals surface area contributed by atoms with Gasteiger partial charge in [-0.25, -0.2) is 8.78 Å². The van der Waals surface area contributed by atoms with Crippen molar-refractivity contribution in [2.45, 2.75) is 25.7 Å². The average molecular weight is 312 g/mol. The van der Waals surface area contributed by atoms with Crippen LogP contribution in [-0.2, 0) is 14.3 Å². The van der Waals surface area contributed by atoms with Crippen molar-refractivity contribution in [3.63, 3.8) is 0 Å². The highest BCUT2D eigenvalue weighted by Gasteiger charge is 2.25. The molecule has 0 amide bonds. The van der Waals surface area contributed by atoms with E-state index in [0.29, 0.717) is 5.57 Å². The van der Waals surface area contributed by atoms with Crippen molar-refractivity contribution in [2.75, 3.05) is 13.7 Å². The first-order chi connectivity index (χ1) is 10.3. The number of rotatable bonds is 7. The summed E-state index contributed by atoms with van der Waals surface area (Å²) in [5.74, 6) is -3.62. The summed E-state index contributed by atoms with van der Waals surface area (Å²) in [4.78, 5) is 21.8. The fourth-order valence-electron chi connectivity index (χ4n) is 1.49. The summed E-state index contributed by atoms with van der Waals surface area (Å²) < 4.78 is 30.5. The fourth-order valence-corrected chi connectivity index (χ4v) is 1.49. The highest BCUT2D eigenvalue weighted by atomic mass is 19.3. The van der Waals surface area contributed by atoms with Crippen molar-refractivity contribution in [2.24, 2.45) is 5.10 Å². The second-order valence-electron chi connectivity index (χ2n) is 4.77. The molecule has 0 bridgehead atoms. The highest BCUT2D eigenvalue weighted by molar-refractivity contribution is 5.94. The minimum Gasteiger partial charge on any atom is -0.461 e. The zero-order valence-corrected chi connectivity index (χ0v) is 12.5. The number of allylic oxidation sites excluding steroid dienone is 4. The molecule has 0 radical (unpaired) electrons. The number of ketones is 1. The molecule has 1 aliphatic carbocycles. The number of hydrazone groups is 1. The van der Waals surface area contributed by atoms with Crippen LogP contribution in [0.1, 0.15) is 19.8 Å². The van der Waals surface area contributed by atoms with Gasteiger partial charge < -0.3 is 4.74 Å². The van der Waals surface area contributed by atoms with Gasteiger partial charge in [-0.15, -0.1) is 0 Å². The quantitative estimate of drug-likeness (QED) is 0.314. The first-order valence-electron chi connectivity index (χ1n) is 6.64. The molecule has 0 aromatic heterocycles. The number of ether oxygens (including phenoxy) is 1. The molecule has 1 aliphatic rings. The van der Waals surface area contributed by atoms with E-state index in [1.807, 2.05) is 0 Å². The molecule has 0 aromatic carbocycles. The van der Waals surface area contributed by atoms with Crippen LogP contribution in [0.5, 0.6) is 0 Å². The average Bonchev–Trinajstić information content (AvgIpc) is 2.41. The summed E-state index contributed by atoms with van der Waals surface area (Å²) in [5, 5.41) is 5.47. The second-order valence-corrected chi connectivity index (χ2v) is 4.77. The molecule has 0 fully saturated rings. The predicted molar refractivity (Wildman–Crippen MR) is 78.4 cm³/mol. The third-order valence-electron chi connectivity index (χ3n) is 2.57. The van der Waals surface area contributed by atoms with Crippen molar-refractivity contribution < 1.29 is 23.1 Å². The van der Waals surface area contributed by atoms with E-state index >= 15 is 0 Å². The number of hydrogen-bond donors (Lipinski definition) is 0. The lowest BCUT2D eigenvalue weighted by molar-refractivity contribution is -0.144. The molecule has 0 saturated carbocycles. The molecule has 7 heteroatoms. The summed E-state index contributed by atoms with van der Waals surface area (Å²) in [6.45, 7) is 1.34.